The van der Waals surface area contributed by atoms with Crippen molar-refractivity contribution < 1.29 is 22.7 Å². The van der Waals surface area contributed by atoms with Crippen molar-refractivity contribution in [2.75, 3.05) is 49.6 Å². The van der Waals surface area contributed by atoms with Gasteiger partial charge in [-0.05, 0) is 34.7 Å². The van der Waals surface area contributed by atoms with E-state index in [1.54, 1.807) is 11.0 Å². The van der Waals surface area contributed by atoms with Crippen LogP contribution in [0.5, 0.6) is 5.75 Å². The number of hydrogen-bond acceptors (Lipinski definition) is 6. The maximum atomic E-state index is 13.6. The average molecular weight is 556 g/mol. The molecule has 0 saturated carbocycles. The molecular weight excluding hydrogens is 518 g/mol. The average Bonchev–Trinajstić information content (AvgIpc) is 3.20. The van der Waals surface area contributed by atoms with Crippen molar-refractivity contribution in [3.05, 3.63) is 53.2 Å². The van der Waals surface area contributed by atoms with E-state index < -0.39 is 10.0 Å². The van der Waals surface area contributed by atoms with Crippen LogP contribution in [0.3, 0.4) is 0 Å². The Labute approximate surface area is 230 Å². The minimum atomic E-state index is -3.59. The lowest BCUT2D eigenvalue weighted by Gasteiger charge is -2.32. The van der Waals surface area contributed by atoms with Gasteiger partial charge in [0.2, 0.25) is 16.4 Å². The number of methoxy groups -OCH3 is 1. The van der Waals surface area contributed by atoms with Crippen molar-refractivity contribution in [2.45, 2.75) is 32.7 Å². The second kappa shape index (κ2) is 10.9. The van der Waals surface area contributed by atoms with Gasteiger partial charge in [0.15, 0.2) is 5.75 Å². The molecule has 0 unspecified atom stereocenters. The number of aromatic nitrogens is 1. The van der Waals surface area contributed by atoms with Crippen molar-refractivity contribution in [3.63, 3.8) is 0 Å². The summed E-state index contributed by atoms with van der Waals surface area (Å²) < 4.78 is 34.1. The molecule has 2 amide bonds. The van der Waals surface area contributed by atoms with Crippen LogP contribution >= 0.6 is 0 Å². The van der Waals surface area contributed by atoms with Gasteiger partial charge in [-0.1, -0.05) is 39.0 Å². The number of hydrogen-bond donors (Lipinski definition) is 2. The van der Waals surface area contributed by atoms with Crippen molar-refractivity contribution >= 4 is 44.6 Å². The molecule has 0 spiro atoms. The highest BCUT2D eigenvalue weighted by Crippen LogP contribution is 2.39. The Kier molecular flexibility index (Phi) is 7.94. The number of ether oxygens (including phenoxy) is 1. The largest absolute Gasteiger partial charge is 0.492 e. The molecule has 4 rings (SSSR count). The van der Waals surface area contributed by atoms with Crippen LogP contribution in [0.15, 0.2) is 36.4 Å². The zero-order chi connectivity index (χ0) is 28.5. The summed E-state index contributed by atoms with van der Waals surface area (Å²) in [4.78, 5) is 28.8. The zero-order valence-electron chi connectivity index (χ0n) is 23.4. The lowest BCUT2D eigenvalue weighted by molar-refractivity contribution is -0.119. The van der Waals surface area contributed by atoms with E-state index in [-0.39, 0.29) is 22.8 Å². The molecular formula is C28H37N5O5S. The molecule has 2 N–H and O–H groups in total. The van der Waals surface area contributed by atoms with E-state index in [0.29, 0.717) is 31.0 Å². The smallest absolute Gasteiger partial charge is 0.272 e. The molecule has 1 aliphatic heterocycles. The third kappa shape index (κ3) is 6.36. The molecule has 1 fully saturated rings. The number of piperazine rings is 1. The van der Waals surface area contributed by atoms with Crippen molar-refractivity contribution in [3.8, 4) is 5.75 Å². The summed E-state index contributed by atoms with van der Waals surface area (Å²) >= 11 is 0. The Morgan fingerprint density at radius 1 is 1.08 bits per heavy atom. The maximum absolute atomic E-state index is 13.6. The third-order valence-corrected chi connectivity index (χ3v) is 7.62. The molecule has 0 bridgehead atoms. The number of para-hydroxylation sites is 1. The van der Waals surface area contributed by atoms with E-state index in [0.717, 1.165) is 47.8 Å². The molecule has 2 aromatic carbocycles. The van der Waals surface area contributed by atoms with E-state index in [1.165, 1.54) is 7.11 Å². The topological polar surface area (TPSA) is 113 Å². The molecule has 0 aliphatic carbocycles. The first kappa shape index (κ1) is 28.4. The number of carbonyl (C=O) groups is 2. The Morgan fingerprint density at radius 3 is 2.33 bits per heavy atom. The predicted molar refractivity (Wildman–Crippen MR) is 154 cm³/mol. The van der Waals surface area contributed by atoms with E-state index >= 15 is 0 Å². The predicted octanol–water partition coefficient (Wildman–Crippen LogP) is 3.38. The summed E-state index contributed by atoms with van der Waals surface area (Å²) in [6.45, 7) is 9.72. The highest BCUT2D eigenvalue weighted by Gasteiger charge is 2.24. The van der Waals surface area contributed by atoms with Gasteiger partial charge in [0.05, 0.1) is 30.3 Å². The second-order valence-electron chi connectivity index (χ2n) is 11.0. The van der Waals surface area contributed by atoms with Crippen LogP contribution in [0.2, 0.25) is 0 Å². The van der Waals surface area contributed by atoms with Gasteiger partial charge in [-0.3, -0.25) is 19.2 Å². The Balaban J connectivity index is 1.68. The summed E-state index contributed by atoms with van der Waals surface area (Å²) in [5.41, 5.74) is 3.68. The van der Waals surface area contributed by atoms with Gasteiger partial charge in [-0.2, -0.15) is 0 Å². The fourth-order valence-corrected chi connectivity index (χ4v) is 5.50. The Hall–Kier alpha value is -3.57. The number of fused-ring (bicyclic) bond motifs is 1. The van der Waals surface area contributed by atoms with Crippen molar-refractivity contribution in [1.82, 2.24) is 14.4 Å². The van der Waals surface area contributed by atoms with Crippen molar-refractivity contribution in [1.29, 1.82) is 0 Å². The van der Waals surface area contributed by atoms with Gasteiger partial charge in [-0.25, -0.2) is 8.42 Å². The van der Waals surface area contributed by atoms with Gasteiger partial charge in [0.25, 0.3) is 5.91 Å². The summed E-state index contributed by atoms with van der Waals surface area (Å²) in [7, 11) is -0.283. The first-order valence-electron chi connectivity index (χ1n) is 12.8. The first-order valence-corrected chi connectivity index (χ1v) is 14.7. The molecule has 2 heterocycles. The fourth-order valence-electron chi connectivity index (χ4n) is 4.95. The lowest BCUT2D eigenvalue weighted by Crippen LogP contribution is -2.45. The molecule has 0 atom stereocenters. The number of sulfonamides is 1. The van der Waals surface area contributed by atoms with Gasteiger partial charge >= 0.3 is 0 Å². The standard InChI is InChI=1S/C28H37N5O5S/c1-28(2,3)21-15-22(26(38-5)23(16-21)30-39(6,36)37)29-27(35)24-14-19-8-7-9-20(25(19)31(24)4)17-32-10-12-33(18-34)13-11-32/h7-9,14-16,18,30H,10-13,17H2,1-6H3,(H,29,35). The molecule has 210 valence electrons. The van der Waals surface area contributed by atoms with E-state index in [4.69, 9.17) is 4.74 Å². The maximum Gasteiger partial charge on any atom is 0.272 e. The second-order valence-corrected chi connectivity index (χ2v) is 12.8. The first-order chi connectivity index (χ1) is 18.3. The molecule has 10 nitrogen and oxygen atoms in total. The lowest BCUT2D eigenvalue weighted by atomic mass is 9.86. The fraction of sp³-hybridized carbons (Fsp3) is 0.429. The van der Waals surface area contributed by atoms with Gasteiger partial charge in [0, 0.05) is 45.2 Å². The number of anilines is 2. The monoisotopic (exact) mass is 555 g/mol. The number of nitrogens with one attached hydrogen (secondary N) is 2. The SMILES string of the molecule is COc1c(NC(=O)c2cc3cccc(CN4CCN(C=O)CC4)c3n2C)cc(C(C)(C)C)cc1NS(C)(=O)=O. The molecule has 0 radical (unpaired) electrons. The van der Waals surface area contributed by atoms with Crippen molar-refractivity contribution in [2.24, 2.45) is 7.05 Å². The summed E-state index contributed by atoms with van der Waals surface area (Å²) in [6, 6.07) is 11.4. The minimum Gasteiger partial charge on any atom is -0.492 e. The zero-order valence-corrected chi connectivity index (χ0v) is 24.2. The van der Waals surface area contributed by atoms with Gasteiger partial charge in [-0.15, -0.1) is 0 Å². The number of nitrogens with zero attached hydrogens (tertiary/aromatic N) is 3. The van der Waals surface area contributed by atoms with Gasteiger partial charge in [0.1, 0.15) is 5.69 Å². The van der Waals surface area contributed by atoms with Crippen LogP contribution in [-0.4, -0.2) is 74.6 Å². The van der Waals surface area contributed by atoms with Crippen LogP contribution in [-0.2, 0) is 33.8 Å². The minimum absolute atomic E-state index is 0.232. The number of rotatable bonds is 8. The number of benzene rings is 2. The molecule has 3 aromatic rings. The van der Waals surface area contributed by atoms with Crippen LogP contribution in [0.1, 0.15) is 42.4 Å². The van der Waals surface area contributed by atoms with E-state index in [9.17, 15) is 18.0 Å². The Morgan fingerprint density at radius 2 is 1.74 bits per heavy atom. The molecule has 39 heavy (non-hydrogen) atoms. The third-order valence-electron chi connectivity index (χ3n) is 7.02. The molecule has 1 aliphatic rings. The van der Waals surface area contributed by atoms with Crippen LogP contribution in [0.4, 0.5) is 11.4 Å². The van der Waals surface area contributed by atoms with E-state index in [2.05, 4.69) is 21.0 Å². The van der Waals surface area contributed by atoms with Crippen LogP contribution < -0.4 is 14.8 Å². The highest BCUT2D eigenvalue weighted by atomic mass is 32.2. The summed E-state index contributed by atoms with van der Waals surface area (Å²) in [6.07, 6.45) is 1.97. The van der Waals surface area contributed by atoms with E-state index in [1.807, 2.05) is 56.7 Å². The van der Waals surface area contributed by atoms with Crippen LogP contribution in [0.25, 0.3) is 10.9 Å². The van der Waals surface area contributed by atoms with Gasteiger partial charge < -0.3 is 19.5 Å². The molecule has 1 saturated heterocycles. The Bertz CT molecular complexity index is 1500. The number of carbonyl (C=O) groups excluding carboxylic acids is 2. The number of amides is 2. The highest BCUT2D eigenvalue weighted by molar-refractivity contribution is 7.92. The summed E-state index contributed by atoms with van der Waals surface area (Å²) in [5.74, 6) is -0.107. The van der Waals surface area contributed by atoms with Crippen LogP contribution in [0, 0.1) is 0 Å². The normalized spacial score (nSPS) is 14.9. The quantitative estimate of drug-likeness (QED) is 0.412. The number of aryl methyl sites for hydroxylation is 1. The molecule has 1 aromatic heterocycles. The molecule has 11 heteroatoms. The summed E-state index contributed by atoms with van der Waals surface area (Å²) in [5, 5.41) is 3.91.